The number of aliphatic hydroxyl groups is 1. The van der Waals surface area contributed by atoms with Gasteiger partial charge in [-0.15, -0.1) is 0 Å². The van der Waals surface area contributed by atoms with E-state index < -0.39 is 0 Å². The van der Waals surface area contributed by atoms with Gasteiger partial charge in [0.15, 0.2) is 5.78 Å². The highest BCUT2D eigenvalue weighted by Gasteiger charge is 2.14. The predicted octanol–water partition coefficient (Wildman–Crippen LogP) is 1.46. The fraction of sp³-hybridized carbons (Fsp3) is 0.500. The number of Topliss-reactive ketones (excluding diaryl/α,β-unsaturated/α-hetero) is 1. The van der Waals surface area contributed by atoms with Gasteiger partial charge in [-0.2, -0.15) is 0 Å². The Labute approximate surface area is 72.6 Å². The zero-order chi connectivity index (χ0) is 9.14. The van der Waals surface area contributed by atoms with Gasteiger partial charge in [0.1, 0.15) is 0 Å². The van der Waals surface area contributed by atoms with Crippen LogP contribution in [-0.4, -0.2) is 17.0 Å². The van der Waals surface area contributed by atoms with Crippen molar-refractivity contribution in [1.29, 1.82) is 0 Å². The zero-order valence-electron chi connectivity index (χ0n) is 7.45. The molecule has 0 saturated heterocycles. The zero-order valence-corrected chi connectivity index (χ0v) is 7.45. The third kappa shape index (κ3) is 2.05. The average Bonchev–Trinajstić information content (AvgIpc) is 2.04. The lowest BCUT2D eigenvalue weighted by Gasteiger charge is -2.17. The van der Waals surface area contributed by atoms with Crippen molar-refractivity contribution < 1.29 is 9.90 Å². The molecule has 2 unspecified atom stereocenters. The summed E-state index contributed by atoms with van der Waals surface area (Å²) in [5, 5.41) is 9.24. The van der Waals surface area contributed by atoms with Gasteiger partial charge in [-0.05, 0) is 20.3 Å². The van der Waals surface area contributed by atoms with E-state index in [1.807, 2.05) is 12.2 Å². The van der Waals surface area contributed by atoms with Crippen LogP contribution in [0.15, 0.2) is 23.8 Å². The lowest BCUT2D eigenvalue weighted by Crippen LogP contribution is -2.16. The van der Waals surface area contributed by atoms with E-state index in [-0.39, 0.29) is 17.8 Å². The minimum atomic E-state index is -0.328. The summed E-state index contributed by atoms with van der Waals surface area (Å²) < 4.78 is 0. The second kappa shape index (κ2) is 3.68. The molecule has 0 amide bonds. The molecule has 0 heterocycles. The molecule has 1 aliphatic rings. The predicted molar refractivity (Wildman–Crippen MR) is 47.7 cm³/mol. The third-order valence-electron chi connectivity index (χ3n) is 2.16. The van der Waals surface area contributed by atoms with E-state index in [1.54, 1.807) is 19.9 Å². The normalized spacial score (nSPS) is 24.9. The minimum Gasteiger partial charge on any atom is -0.393 e. The summed E-state index contributed by atoms with van der Waals surface area (Å²) in [6.45, 7) is 3.32. The van der Waals surface area contributed by atoms with E-state index in [1.165, 1.54) is 0 Å². The second-order valence-electron chi connectivity index (χ2n) is 3.21. The monoisotopic (exact) mass is 166 g/mol. The van der Waals surface area contributed by atoms with Gasteiger partial charge in [0.25, 0.3) is 0 Å². The Morgan fingerprint density at radius 2 is 2.42 bits per heavy atom. The maximum absolute atomic E-state index is 10.9. The number of hydrogen-bond acceptors (Lipinski definition) is 2. The molecule has 0 aromatic rings. The lowest BCUT2D eigenvalue weighted by atomic mass is 9.92. The molecular weight excluding hydrogens is 152 g/mol. The molecule has 0 radical (unpaired) electrons. The van der Waals surface area contributed by atoms with E-state index >= 15 is 0 Å². The van der Waals surface area contributed by atoms with Crippen LogP contribution < -0.4 is 0 Å². The molecule has 0 aromatic heterocycles. The summed E-state index contributed by atoms with van der Waals surface area (Å²) in [6.07, 6.45) is 6.03. The van der Waals surface area contributed by atoms with Crippen LogP contribution >= 0.6 is 0 Å². The number of aliphatic hydroxyl groups excluding tert-OH is 1. The number of rotatable bonds is 2. The molecule has 0 spiro atoms. The van der Waals surface area contributed by atoms with Gasteiger partial charge in [0.2, 0.25) is 0 Å². The highest BCUT2D eigenvalue weighted by molar-refractivity contribution is 5.96. The van der Waals surface area contributed by atoms with Crippen molar-refractivity contribution in [2.75, 3.05) is 0 Å². The Balaban J connectivity index is 2.61. The van der Waals surface area contributed by atoms with Crippen molar-refractivity contribution in [3.8, 4) is 0 Å². The van der Waals surface area contributed by atoms with Crippen LogP contribution in [0.1, 0.15) is 20.3 Å². The van der Waals surface area contributed by atoms with Gasteiger partial charge in [-0.3, -0.25) is 4.79 Å². The van der Waals surface area contributed by atoms with Crippen LogP contribution in [0.4, 0.5) is 0 Å². The Hall–Kier alpha value is -0.890. The maximum atomic E-state index is 10.9. The van der Waals surface area contributed by atoms with Crippen LogP contribution in [0.2, 0.25) is 0 Å². The van der Waals surface area contributed by atoms with Gasteiger partial charge in [-0.1, -0.05) is 18.2 Å². The standard InChI is InChI=1S/C10H14O2/c1-7(11)9-3-5-10(6-4-9)8(2)12/h3-5,8,10,12H,6H2,1-2H3. The largest absolute Gasteiger partial charge is 0.393 e. The number of ketones is 1. The highest BCUT2D eigenvalue weighted by atomic mass is 16.3. The van der Waals surface area contributed by atoms with Crippen LogP contribution in [0.3, 0.4) is 0 Å². The lowest BCUT2D eigenvalue weighted by molar-refractivity contribution is -0.113. The van der Waals surface area contributed by atoms with Crippen LogP contribution in [-0.2, 0) is 4.79 Å². The highest BCUT2D eigenvalue weighted by Crippen LogP contribution is 2.19. The van der Waals surface area contributed by atoms with Crippen molar-refractivity contribution in [3.05, 3.63) is 23.8 Å². The van der Waals surface area contributed by atoms with Gasteiger partial charge in [0, 0.05) is 11.5 Å². The molecule has 0 bridgehead atoms. The average molecular weight is 166 g/mol. The first-order valence-electron chi connectivity index (χ1n) is 4.18. The fourth-order valence-electron chi connectivity index (χ4n) is 1.26. The molecule has 2 nitrogen and oxygen atoms in total. The molecule has 1 aliphatic carbocycles. The first-order chi connectivity index (χ1) is 5.61. The number of carbonyl (C=O) groups excluding carboxylic acids is 1. The summed E-state index contributed by atoms with van der Waals surface area (Å²) in [7, 11) is 0. The molecular formula is C10H14O2. The van der Waals surface area contributed by atoms with E-state index in [4.69, 9.17) is 0 Å². The van der Waals surface area contributed by atoms with Crippen LogP contribution in [0, 0.1) is 5.92 Å². The van der Waals surface area contributed by atoms with E-state index in [9.17, 15) is 9.90 Å². The summed E-state index contributed by atoms with van der Waals surface area (Å²) in [4.78, 5) is 10.9. The van der Waals surface area contributed by atoms with Crippen LogP contribution in [0.25, 0.3) is 0 Å². The quantitative estimate of drug-likeness (QED) is 0.674. The Morgan fingerprint density at radius 3 is 2.75 bits per heavy atom. The van der Waals surface area contributed by atoms with E-state index in [2.05, 4.69) is 0 Å². The summed E-state index contributed by atoms with van der Waals surface area (Å²) in [6, 6.07) is 0. The fourth-order valence-corrected chi connectivity index (χ4v) is 1.26. The first-order valence-corrected chi connectivity index (χ1v) is 4.18. The molecule has 2 heteroatoms. The Kier molecular flexibility index (Phi) is 2.82. The smallest absolute Gasteiger partial charge is 0.159 e. The molecule has 66 valence electrons. The van der Waals surface area contributed by atoms with Gasteiger partial charge >= 0.3 is 0 Å². The maximum Gasteiger partial charge on any atom is 0.159 e. The minimum absolute atomic E-state index is 0.0929. The van der Waals surface area contributed by atoms with Gasteiger partial charge in [-0.25, -0.2) is 0 Å². The van der Waals surface area contributed by atoms with Gasteiger partial charge < -0.3 is 5.11 Å². The van der Waals surface area contributed by atoms with Crippen molar-refractivity contribution >= 4 is 5.78 Å². The summed E-state index contributed by atoms with van der Waals surface area (Å²) in [5.41, 5.74) is 0.756. The molecule has 2 atom stereocenters. The van der Waals surface area contributed by atoms with Gasteiger partial charge in [0.05, 0.1) is 6.10 Å². The van der Waals surface area contributed by atoms with Crippen molar-refractivity contribution in [1.82, 2.24) is 0 Å². The number of allylic oxidation sites excluding steroid dienone is 3. The molecule has 0 aliphatic heterocycles. The third-order valence-corrected chi connectivity index (χ3v) is 2.16. The SMILES string of the molecule is CC(=O)C1=CCC(C(C)O)C=C1. The van der Waals surface area contributed by atoms with E-state index in [0.717, 1.165) is 12.0 Å². The molecule has 0 saturated carbocycles. The van der Waals surface area contributed by atoms with Crippen LogP contribution in [0.5, 0.6) is 0 Å². The molecule has 1 rings (SSSR count). The topological polar surface area (TPSA) is 37.3 Å². The second-order valence-corrected chi connectivity index (χ2v) is 3.21. The molecule has 0 fully saturated rings. The Morgan fingerprint density at radius 1 is 1.75 bits per heavy atom. The molecule has 12 heavy (non-hydrogen) atoms. The first kappa shape index (κ1) is 9.20. The van der Waals surface area contributed by atoms with Crippen molar-refractivity contribution in [2.24, 2.45) is 5.92 Å². The molecule has 0 aromatic carbocycles. The Bertz CT molecular complexity index is 236. The number of carbonyl (C=O) groups is 1. The summed E-state index contributed by atoms with van der Waals surface area (Å²) in [5.74, 6) is 0.267. The summed E-state index contributed by atoms with van der Waals surface area (Å²) >= 11 is 0. The van der Waals surface area contributed by atoms with Crippen molar-refractivity contribution in [2.45, 2.75) is 26.4 Å². The molecule has 1 N–H and O–H groups in total. The van der Waals surface area contributed by atoms with E-state index in [0.29, 0.717) is 0 Å². The number of hydrogen-bond donors (Lipinski definition) is 1. The van der Waals surface area contributed by atoms with Crippen molar-refractivity contribution in [3.63, 3.8) is 0 Å².